The van der Waals surface area contributed by atoms with Crippen LogP contribution in [0.5, 0.6) is 0 Å². The second kappa shape index (κ2) is 6.85. The zero-order chi connectivity index (χ0) is 13.8. The Bertz CT molecular complexity index is 303. The van der Waals surface area contributed by atoms with E-state index in [2.05, 4.69) is 25.7 Å². The maximum absolute atomic E-state index is 12.6. The first kappa shape index (κ1) is 15.0. The van der Waals surface area contributed by atoms with Crippen LogP contribution in [0.1, 0.15) is 52.9 Å². The fraction of sp³-hybridized carbons (Fsp3) is 0.938. The molecule has 0 bridgehead atoms. The van der Waals surface area contributed by atoms with Crippen LogP contribution in [0.25, 0.3) is 0 Å². The number of hydrogen-bond acceptors (Lipinski definition) is 3. The highest BCUT2D eigenvalue weighted by Gasteiger charge is 2.34. The van der Waals surface area contributed by atoms with Gasteiger partial charge in [-0.3, -0.25) is 9.69 Å². The summed E-state index contributed by atoms with van der Waals surface area (Å²) in [6.45, 7) is 9.10. The zero-order valence-corrected chi connectivity index (χ0v) is 12.7. The number of ketones is 1. The van der Waals surface area contributed by atoms with Gasteiger partial charge in [0.15, 0.2) is 5.78 Å². The molecule has 1 aliphatic heterocycles. The lowest BCUT2D eigenvalue weighted by Gasteiger charge is -2.37. The second-order valence-corrected chi connectivity index (χ2v) is 6.49. The molecule has 2 aliphatic rings. The van der Waals surface area contributed by atoms with Crippen LogP contribution >= 0.6 is 0 Å². The van der Waals surface area contributed by atoms with Crippen molar-refractivity contribution in [3.05, 3.63) is 0 Å². The largest absolute Gasteiger partial charge is 0.368 e. The third-order valence-electron chi connectivity index (χ3n) is 4.91. The number of nitrogens with zero attached hydrogens (tertiary/aromatic N) is 1. The first-order chi connectivity index (χ1) is 9.11. The summed E-state index contributed by atoms with van der Waals surface area (Å²) in [5.74, 6) is 1.40. The molecular weight excluding hydrogens is 238 g/mol. The Morgan fingerprint density at radius 1 is 1.37 bits per heavy atom. The average Bonchev–Trinajstić information content (AvgIpc) is 2.46. The number of Topliss-reactive ketones (excluding diaryl/α,β-unsaturated/α-hetero) is 1. The molecule has 0 N–H and O–H groups in total. The van der Waals surface area contributed by atoms with Crippen LogP contribution in [0.4, 0.5) is 0 Å². The van der Waals surface area contributed by atoms with E-state index in [0.29, 0.717) is 18.4 Å². The van der Waals surface area contributed by atoms with Gasteiger partial charge < -0.3 is 4.74 Å². The van der Waals surface area contributed by atoms with Crippen molar-refractivity contribution in [1.29, 1.82) is 0 Å². The van der Waals surface area contributed by atoms with E-state index >= 15 is 0 Å². The molecule has 0 spiro atoms. The lowest BCUT2D eigenvalue weighted by Crippen LogP contribution is -2.50. The van der Waals surface area contributed by atoms with E-state index in [1.54, 1.807) is 0 Å². The van der Waals surface area contributed by atoms with Gasteiger partial charge in [-0.25, -0.2) is 0 Å². The van der Waals surface area contributed by atoms with Gasteiger partial charge in [-0.2, -0.15) is 0 Å². The van der Waals surface area contributed by atoms with Gasteiger partial charge in [0, 0.05) is 25.0 Å². The minimum atomic E-state index is -0.170. The normalized spacial score (nSPS) is 33.6. The quantitative estimate of drug-likeness (QED) is 0.784. The molecule has 0 amide bonds. The lowest BCUT2D eigenvalue weighted by atomic mass is 9.77. The molecule has 3 heteroatoms. The van der Waals surface area contributed by atoms with Crippen molar-refractivity contribution in [3.8, 4) is 0 Å². The van der Waals surface area contributed by atoms with E-state index in [0.717, 1.165) is 31.8 Å². The second-order valence-electron chi connectivity index (χ2n) is 6.49. The Labute approximate surface area is 117 Å². The van der Waals surface area contributed by atoms with Crippen LogP contribution in [-0.2, 0) is 9.53 Å². The van der Waals surface area contributed by atoms with E-state index in [9.17, 15) is 4.79 Å². The predicted octanol–water partition coefficient (Wildman–Crippen LogP) is 2.88. The maximum Gasteiger partial charge on any atom is 0.165 e. The highest BCUT2D eigenvalue weighted by Crippen LogP contribution is 2.32. The summed E-state index contributed by atoms with van der Waals surface area (Å²) in [7, 11) is 0. The summed E-state index contributed by atoms with van der Waals surface area (Å²) in [6, 6.07) is 0.508. The molecule has 1 saturated heterocycles. The van der Waals surface area contributed by atoms with E-state index in [1.807, 2.05) is 0 Å². The molecule has 3 unspecified atom stereocenters. The SMILES string of the molecule is CCC1CCCC(C(=O)C2CN(C(C)C)CCO2)C1. The molecule has 1 aliphatic carbocycles. The summed E-state index contributed by atoms with van der Waals surface area (Å²) in [6.07, 6.45) is 5.75. The van der Waals surface area contributed by atoms with Crippen molar-refractivity contribution >= 4 is 5.78 Å². The molecule has 0 aromatic carbocycles. The summed E-state index contributed by atoms with van der Waals surface area (Å²) in [5.41, 5.74) is 0. The van der Waals surface area contributed by atoms with Crippen LogP contribution in [-0.4, -0.2) is 42.5 Å². The summed E-state index contributed by atoms with van der Waals surface area (Å²) in [5, 5.41) is 0. The monoisotopic (exact) mass is 267 g/mol. The molecule has 19 heavy (non-hydrogen) atoms. The number of ether oxygens (including phenoxy) is 1. The van der Waals surface area contributed by atoms with Crippen LogP contribution < -0.4 is 0 Å². The van der Waals surface area contributed by atoms with Crippen molar-refractivity contribution in [3.63, 3.8) is 0 Å². The molecule has 110 valence electrons. The number of rotatable bonds is 4. The molecule has 1 saturated carbocycles. The van der Waals surface area contributed by atoms with Crippen molar-refractivity contribution in [2.24, 2.45) is 11.8 Å². The topological polar surface area (TPSA) is 29.5 Å². The molecule has 3 nitrogen and oxygen atoms in total. The van der Waals surface area contributed by atoms with Crippen LogP contribution in [0, 0.1) is 11.8 Å². The minimum Gasteiger partial charge on any atom is -0.368 e. The van der Waals surface area contributed by atoms with E-state index in [1.165, 1.54) is 19.3 Å². The van der Waals surface area contributed by atoms with Crippen molar-refractivity contribution < 1.29 is 9.53 Å². The van der Waals surface area contributed by atoms with Gasteiger partial charge in [-0.1, -0.05) is 26.2 Å². The van der Waals surface area contributed by atoms with Gasteiger partial charge in [0.1, 0.15) is 6.10 Å². The van der Waals surface area contributed by atoms with E-state index in [4.69, 9.17) is 4.74 Å². The minimum absolute atomic E-state index is 0.170. The first-order valence-corrected chi connectivity index (χ1v) is 8.01. The number of carbonyl (C=O) groups is 1. The number of carbonyl (C=O) groups excluding carboxylic acids is 1. The van der Waals surface area contributed by atoms with Crippen LogP contribution in [0.3, 0.4) is 0 Å². The third-order valence-corrected chi connectivity index (χ3v) is 4.91. The Balaban J connectivity index is 1.91. The van der Waals surface area contributed by atoms with Crippen LogP contribution in [0.2, 0.25) is 0 Å². The average molecular weight is 267 g/mol. The fourth-order valence-corrected chi connectivity index (χ4v) is 3.49. The Morgan fingerprint density at radius 2 is 2.16 bits per heavy atom. The highest BCUT2D eigenvalue weighted by molar-refractivity contribution is 5.85. The predicted molar refractivity (Wildman–Crippen MR) is 77.2 cm³/mol. The van der Waals surface area contributed by atoms with Crippen molar-refractivity contribution in [1.82, 2.24) is 4.90 Å². The Kier molecular flexibility index (Phi) is 5.40. The summed E-state index contributed by atoms with van der Waals surface area (Å²) < 4.78 is 5.75. The van der Waals surface area contributed by atoms with Crippen LogP contribution in [0.15, 0.2) is 0 Å². The third kappa shape index (κ3) is 3.79. The fourth-order valence-electron chi connectivity index (χ4n) is 3.49. The summed E-state index contributed by atoms with van der Waals surface area (Å²) in [4.78, 5) is 15.0. The van der Waals surface area contributed by atoms with Gasteiger partial charge in [0.25, 0.3) is 0 Å². The van der Waals surface area contributed by atoms with Gasteiger partial charge in [-0.05, 0) is 32.6 Å². The first-order valence-electron chi connectivity index (χ1n) is 8.01. The molecular formula is C16H29NO2. The van der Waals surface area contributed by atoms with Gasteiger partial charge in [-0.15, -0.1) is 0 Å². The van der Waals surface area contributed by atoms with E-state index in [-0.39, 0.29) is 12.0 Å². The number of hydrogen-bond donors (Lipinski definition) is 0. The molecule has 2 rings (SSSR count). The van der Waals surface area contributed by atoms with E-state index < -0.39 is 0 Å². The Hall–Kier alpha value is -0.410. The summed E-state index contributed by atoms with van der Waals surface area (Å²) >= 11 is 0. The molecule has 0 aromatic rings. The highest BCUT2D eigenvalue weighted by atomic mass is 16.5. The van der Waals surface area contributed by atoms with Gasteiger partial charge in [0.05, 0.1) is 6.61 Å². The maximum atomic E-state index is 12.6. The molecule has 1 heterocycles. The van der Waals surface area contributed by atoms with Gasteiger partial charge in [0.2, 0.25) is 0 Å². The van der Waals surface area contributed by atoms with Crippen molar-refractivity contribution in [2.75, 3.05) is 19.7 Å². The number of morpholine rings is 1. The molecule has 2 fully saturated rings. The smallest absolute Gasteiger partial charge is 0.165 e. The molecule has 0 radical (unpaired) electrons. The van der Waals surface area contributed by atoms with Gasteiger partial charge >= 0.3 is 0 Å². The zero-order valence-electron chi connectivity index (χ0n) is 12.7. The standard InChI is InChI=1S/C16H29NO2/c1-4-13-6-5-7-14(10-13)16(18)15-11-17(12(2)3)8-9-19-15/h12-15H,4-11H2,1-3H3. The van der Waals surface area contributed by atoms with Crippen molar-refractivity contribution in [2.45, 2.75) is 65.0 Å². The molecule has 3 atom stereocenters. The molecule has 0 aromatic heterocycles. The lowest BCUT2D eigenvalue weighted by molar-refractivity contribution is -0.142. The Morgan fingerprint density at radius 3 is 2.84 bits per heavy atom.